The summed E-state index contributed by atoms with van der Waals surface area (Å²) in [4.78, 5) is 0. The Kier molecular flexibility index (Phi) is 5.21. The van der Waals surface area contributed by atoms with Crippen LogP contribution in [0.4, 0.5) is 0 Å². The van der Waals surface area contributed by atoms with Crippen LogP contribution in [0, 0.1) is 11.8 Å². The Labute approximate surface area is 104 Å². The summed E-state index contributed by atoms with van der Waals surface area (Å²) in [6.07, 6.45) is 1.34. The Morgan fingerprint density at radius 2 is 2.00 bits per heavy atom. The molecule has 1 aromatic rings. The van der Waals surface area contributed by atoms with Gasteiger partial charge >= 0.3 is 0 Å². The normalized spacial score (nSPS) is 10.8. The third-order valence-corrected chi connectivity index (χ3v) is 2.34. The van der Waals surface area contributed by atoms with E-state index in [1.165, 1.54) is 5.56 Å². The highest BCUT2D eigenvalue weighted by Crippen LogP contribution is 2.10. The molecule has 17 heavy (non-hydrogen) atoms. The van der Waals surface area contributed by atoms with E-state index in [9.17, 15) is 5.11 Å². The molecule has 0 unspecified atom stereocenters. The molecule has 0 aliphatic carbocycles. The zero-order valence-electron chi connectivity index (χ0n) is 10.8. The van der Waals surface area contributed by atoms with Crippen LogP contribution in [-0.4, -0.2) is 24.4 Å². The second kappa shape index (κ2) is 6.44. The lowest BCUT2D eigenvalue weighted by Gasteiger charge is -2.11. The van der Waals surface area contributed by atoms with Gasteiger partial charge in [-0.1, -0.05) is 30.0 Å². The summed E-state index contributed by atoms with van der Waals surface area (Å²) in [6.45, 7) is 4.22. The fraction of sp³-hybridized carbons (Fsp3) is 0.467. The molecule has 0 aliphatic heterocycles. The van der Waals surface area contributed by atoms with Crippen molar-refractivity contribution in [3.63, 3.8) is 0 Å². The topological polar surface area (TPSA) is 29.5 Å². The maximum Gasteiger partial charge on any atom is 0.0700 e. The van der Waals surface area contributed by atoms with Crippen molar-refractivity contribution < 1.29 is 9.84 Å². The lowest BCUT2D eigenvalue weighted by atomic mass is 10.0. The van der Waals surface area contributed by atoms with Gasteiger partial charge in [0.15, 0.2) is 0 Å². The first kappa shape index (κ1) is 13.8. The van der Waals surface area contributed by atoms with E-state index >= 15 is 0 Å². The summed E-state index contributed by atoms with van der Waals surface area (Å²) in [5.41, 5.74) is 1.49. The minimum absolute atomic E-state index is 0.478. The Morgan fingerprint density at radius 1 is 1.29 bits per heavy atom. The number of methoxy groups -OCH3 is 1. The first-order chi connectivity index (χ1) is 8.03. The van der Waals surface area contributed by atoms with Crippen LogP contribution in [0.1, 0.15) is 31.4 Å². The zero-order valence-corrected chi connectivity index (χ0v) is 10.8. The third kappa shape index (κ3) is 5.53. The number of ether oxygens (including phenoxy) is 1. The molecule has 2 nitrogen and oxygen atoms in total. The first-order valence-electron chi connectivity index (χ1n) is 5.81. The average molecular weight is 232 g/mol. The van der Waals surface area contributed by atoms with Crippen LogP contribution in [0.2, 0.25) is 0 Å². The van der Waals surface area contributed by atoms with Gasteiger partial charge in [0, 0.05) is 19.1 Å². The third-order valence-electron chi connectivity index (χ3n) is 2.34. The quantitative estimate of drug-likeness (QED) is 0.808. The molecular formula is C15H20O2. The molecule has 0 aliphatic rings. The Morgan fingerprint density at radius 3 is 2.65 bits per heavy atom. The van der Waals surface area contributed by atoms with Crippen molar-refractivity contribution in [1.82, 2.24) is 0 Å². The molecule has 1 aromatic carbocycles. The molecule has 0 aromatic heterocycles. The summed E-state index contributed by atoms with van der Waals surface area (Å²) in [6, 6.07) is 8.05. The molecule has 0 bridgehead atoms. The molecule has 0 atom stereocenters. The van der Waals surface area contributed by atoms with E-state index < -0.39 is 5.60 Å². The fourth-order valence-corrected chi connectivity index (χ4v) is 1.43. The molecule has 0 fully saturated rings. The molecule has 1 rings (SSSR count). The maximum atomic E-state index is 9.58. The summed E-state index contributed by atoms with van der Waals surface area (Å²) in [5.74, 6) is 6.13. The van der Waals surface area contributed by atoms with Crippen LogP contribution in [-0.2, 0) is 11.2 Å². The Bertz CT molecular complexity index is 405. The van der Waals surface area contributed by atoms with Crippen LogP contribution in [0.15, 0.2) is 24.3 Å². The van der Waals surface area contributed by atoms with Crippen LogP contribution in [0.3, 0.4) is 0 Å². The molecule has 0 amide bonds. The second-order valence-electron chi connectivity index (χ2n) is 4.69. The predicted molar refractivity (Wildman–Crippen MR) is 69.8 cm³/mol. The van der Waals surface area contributed by atoms with Crippen LogP contribution < -0.4 is 0 Å². The SMILES string of the molecule is COCCc1ccccc1C#CCC(C)(C)O. The highest BCUT2D eigenvalue weighted by atomic mass is 16.5. The van der Waals surface area contributed by atoms with Crippen LogP contribution >= 0.6 is 0 Å². The first-order valence-corrected chi connectivity index (χ1v) is 5.81. The van der Waals surface area contributed by atoms with Gasteiger partial charge in [0.25, 0.3) is 0 Å². The van der Waals surface area contributed by atoms with Gasteiger partial charge < -0.3 is 9.84 Å². The molecule has 0 saturated heterocycles. The minimum Gasteiger partial charge on any atom is -0.389 e. The number of hydrogen-bond acceptors (Lipinski definition) is 2. The second-order valence-corrected chi connectivity index (χ2v) is 4.69. The van der Waals surface area contributed by atoms with Gasteiger partial charge in [0.1, 0.15) is 0 Å². The standard InChI is InChI=1S/C15H20O2/c1-15(2,16)11-6-9-13-7-4-5-8-14(13)10-12-17-3/h4-5,7-8,16H,10-12H2,1-3H3. The molecule has 2 heteroatoms. The minimum atomic E-state index is -0.728. The van der Waals surface area contributed by atoms with Crippen molar-refractivity contribution in [1.29, 1.82) is 0 Å². The molecule has 0 radical (unpaired) electrons. The van der Waals surface area contributed by atoms with E-state index in [-0.39, 0.29) is 0 Å². The van der Waals surface area contributed by atoms with E-state index in [4.69, 9.17) is 4.74 Å². The van der Waals surface area contributed by atoms with Crippen molar-refractivity contribution in [3.05, 3.63) is 35.4 Å². The van der Waals surface area contributed by atoms with E-state index in [1.807, 2.05) is 18.2 Å². The smallest absolute Gasteiger partial charge is 0.0700 e. The molecule has 1 N–H and O–H groups in total. The largest absolute Gasteiger partial charge is 0.389 e. The van der Waals surface area contributed by atoms with E-state index in [1.54, 1.807) is 21.0 Å². The van der Waals surface area contributed by atoms with Gasteiger partial charge in [0.2, 0.25) is 0 Å². The Hall–Kier alpha value is -1.30. The van der Waals surface area contributed by atoms with Gasteiger partial charge in [-0.15, -0.1) is 0 Å². The summed E-state index contributed by atoms with van der Waals surface area (Å²) >= 11 is 0. The Balaban J connectivity index is 2.76. The van der Waals surface area contributed by atoms with Crippen LogP contribution in [0.5, 0.6) is 0 Å². The van der Waals surface area contributed by atoms with Crippen molar-refractivity contribution in [2.45, 2.75) is 32.3 Å². The van der Waals surface area contributed by atoms with Crippen molar-refractivity contribution >= 4 is 0 Å². The van der Waals surface area contributed by atoms with Crippen LogP contribution in [0.25, 0.3) is 0 Å². The van der Waals surface area contributed by atoms with Crippen molar-refractivity contribution in [2.75, 3.05) is 13.7 Å². The van der Waals surface area contributed by atoms with Gasteiger partial charge in [-0.2, -0.15) is 0 Å². The van der Waals surface area contributed by atoms with E-state index in [2.05, 4.69) is 17.9 Å². The number of rotatable bonds is 4. The molecule has 0 spiro atoms. The van der Waals surface area contributed by atoms with Gasteiger partial charge in [-0.3, -0.25) is 0 Å². The fourth-order valence-electron chi connectivity index (χ4n) is 1.43. The summed E-state index contributed by atoms with van der Waals surface area (Å²) < 4.78 is 5.07. The highest BCUT2D eigenvalue weighted by Gasteiger charge is 2.09. The predicted octanol–water partition coefficient (Wildman–Crippen LogP) is 2.39. The number of benzene rings is 1. The van der Waals surface area contributed by atoms with E-state index in [0.29, 0.717) is 13.0 Å². The molecule has 92 valence electrons. The van der Waals surface area contributed by atoms with Crippen molar-refractivity contribution in [3.8, 4) is 11.8 Å². The van der Waals surface area contributed by atoms with Gasteiger partial charge in [-0.25, -0.2) is 0 Å². The molecule has 0 saturated carbocycles. The average Bonchev–Trinajstić information content (AvgIpc) is 2.26. The van der Waals surface area contributed by atoms with Gasteiger partial charge in [0.05, 0.1) is 12.2 Å². The summed E-state index contributed by atoms with van der Waals surface area (Å²) in [5, 5.41) is 9.58. The molecular weight excluding hydrogens is 212 g/mol. The number of hydrogen-bond donors (Lipinski definition) is 1. The van der Waals surface area contributed by atoms with Crippen molar-refractivity contribution in [2.24, 2.45) is 0 Å². The lowest BCUT2D eigenvalue weighted by molar-refractivity contribution is 0.0862. The highest BCUT2D eigenvalue weighted by molar-refractivity contribution is 5.41. The zero-order chi connectivity index (χ0) is 12.7. The van der Waals surface area contributed by atoms with Gasteiger partial charge in [-0.05, 0) is 31.9 Å². The molecule has 0 heterocycles. The monoisotopic (exact) mass is 232 g/mol. The van der Waals surface area contributed by atoms with E-state index in [0.717, 1.165) is 12.0 Å². The lowest BCUT2D eigenvalue weighted by Crippen LogP contribution is -2.16. The summed E-state index contributed by atoms with van der Waals surface area (Å²) in [7, 11) is 1.70. The number of aliphatic hydroxyl groups is 1. The maximum absolute atomic E-state index is 9.58.